The minimum absolute atomic E-state index is 0.153. The van der Waals surface area contributed by atoms with E-state index in [2.05, 4.69) is 12.0 Å². The van der Waals surface area contributed by atoms with Gasteiger partial charge in [0.2, 0.25) is 5.91 Å². The Kier molecular flexibility index (Phi) is 5.53. The molecule has 0 aliphatic rings. The topological polar surface area (TPSA) is 38.1 Å². The van der Waals surface area contributed by atoms with E-state index in [4.69, 9.17) is 0 Å². The SMILES string of the molecule is CCCN(C)C(=O)CCc1c(C)nn(-c2ccc(F)cc2)c1C. The average molecular weight is 317 g/mol. The molecular weight excluding hydrogens is 293 g/mol. The van der Waals surface area contributed by atoms with Crippen molar-refractivity contribution in [3.63, 3.8) is 0 Å². The number of aryl methyl sites for hydroxylation is 1. The molecule has 0 fully saturated rings. The van der Waals surface area contributed by atoms with Crippen molar-refractivity contribution >= 4 is 5.91 Å². The minimum atomic E-state index is -0.264. The Morgan fingerprint density at radius 2 is 1.91 bits per heavy atom. The van der Waals surface area contributed by atoms with E-state index >= 15 is 0 Å². The molecule has 0 unspecified atom stereocenters. The molecule has 124 valence electrons. The van der Waals surface area contributed by atoms with Gasteiger partial charge in [0.05, 0.1) is 11.4 Å². The lowest BCUT2D eigenvalue weighted by atomic mass is 10.1. The second kappa shape index (κ2) is 7.40. The fourth-order valence-corrected chi connectivity index (χ4v) is 2.75. The Morgan fingerprint density at radius 3 is 2.52 bits per heavy atom. The van der Waals surface area contributed by atoms with Crippen LogP contribution in [-0.2, 0) is 11.2 Å². The summed E-state index contributed by atoms with van der Waals surface area (Å²) in [6.45, 7) is 6.78. The monoisotopic (exact) mass is 317 g/mol. The Balaban J connectivity index is 2.15. The van der Waals surface area contributed by atoms with E-state index in [9.17, 15) is 9.18 Å². The van der Waals surface area contributed by atoms with Crippen molar-refractivity contribution in [3.05, 3.63) is 47.0 Å². The van der Waals surface area contributed by atoms with Gasteiger partial charge in [0.15, 0.2) is 0 Å². The molecule has 1 aromatic heterocycles. The lowest BCUT2D eigenvalue weighted by molar-refractivity contribution is -0.129. The van der Waals surface area contributed by atoms with Crippen molar-refractivity contribution in [2.45, 2.75) is 40.0 Å². The number of rotatable bonds is 6. The van der Waals surface area contributed by atoms with Crippen LogP contribution in [-0.4, -0.2) is 34.2 Å². The lowest BCUT2D eigenvalue weighted by Gasteiger charge is -2.15. The summed E-state index contributed by atoms with van der Waals surface area (Å²) in [5.41, 5.74) is 3.83. The number of carbonyl (C=O) groups is 1. The molecular formula is C18H24FN3O. The number of amides is 1. The number of halogens is 1. The zero-order valence-corrected chi connectivity index (χ0v) is 14.3. The van der Waals surface area contributed by atoms with E-state index < -0.39 is 0 Å². The van der Waals surface area contributed by atoms with Crippen LogP contribution in [0.15, 0.2) is 24.3 Å². The zero-order valence-electron chi connectivity index (χ0n) is 14.3. The van der Waals surface area contributed by atoms with Gasteiger partial charge in [0.1, 0.15) is 5.82 Å². The molecule has 0 spiro atoms. The van der Waals surface area contributed by atoms with Crippen LogP contribution in [0.5, 0.6) is 0 Å². The van der Waals surface area contributed by atoms with Gasteiger partial charge in [-0.2, -0.15) is 5.10 Å². The van der Waals surface area contributed by atoms with Gasteiger partial charge >= 0.3 is 0 Å². The van der Waals surface area contributed by atoms with Crippen molar-refractivity contribution in [3.8, 4) is 5.69 Å². The maximum atomic E-state index is 13.1. The predicted molar refractivity (Wildman–Crippen MR) is 89.2 cm³/mol. The highest BCUT2D eigenvalue weighted by Crippen LogP contribution is 2.20. The van der Waals surface area contributed by atoms with Crippen LogP contribution in [0.2, 0.25) is 0 Å². The number of hydrogen-bond acceptors (Lipinski definition) is 2. The van der Waals surface area contributed by atoms with Crippen LogP contribution >= 0.6 is 0 Å². The van der Waals surface area contributed by atoms with E-state index in [1.807, 2.05) is 25.6 Å². The molecule has 2 rings (SSSR count). The first kappa shape index (κ1) is 17.2. The third-order valence-corrected chi connectivity index (χ3v) is 4.09. The Bertz CT molecular complexity index is 676. The smallest absolute Gasteiger partial charge is 0.222 e. The molecule has 1 aromatic carbocycles. The molecule has 2 aromatic rings. The molecule has 1 amide bonds. The Labute approximate surface area is 136 Å². The molecule has 0 saturated heterocycles. The highest BCUT2D eigenvalue weighted by molar-refractivity contribution is 5.76. The molecule has 4 nitrogen and oxygen atoms in total. The van der Waals surface area contributed by atoms with Crippen LogP contribution in [0.4, 0.5) is 4.39 Å². The maximum absolute atomic E-state index is 13.1. The Morgan fingerprint density at radius 1 is 1.26 bits per heavy atom. The normalized spacial score (nSPS) is 10.8. The summed E-state index contributed by atoms with van der Waals surface area (Å²) in [7, 11) is 1.84. The summed E-state index contributed by atoms with van der Waals surface area (Å²) in [5, 5.41) is 4.54. The van der Waals surface area contributed by atoms with Gasteiger partial charge < -0.3 is 4.90 Å². The van der Waals surface area contributed by atoms with Crippen LogP contribution in [0.25, 0.3) is 5.69 Å². The van der Waals surface area contributed by atoms with Crippen molar-refractivity contribution in [2.75, 3.05) is 13.6 Å². The van der Waals surface area contributed by atoms with Crippen molar-refractivity contribution in [1.29, 1.82) is 0 Å². The molecule has 0 aliphatic carbocycles. The van der Waals surface area contributed by atoms with Crippen LogP contribution < -0.4 is 0 Å². The van der Waals surface area contributed by atoms with Crippen molar-refractivity contribution in [2.24, 2.45) is 0 Å². The molecule has 0 saturated carbocycles. The molecule has 0 aliphatic heterocycles. The summed E-state index contributed by atoms with van der Waals surface area (Å²) in [6, 6.07) is 6.26. The Hall–Kier alpha value is -2.17. The van der Waals surface area contributed by atoms with Gasteiger partial charge in [-0.15, -0.1) is 0 Å². The van der Waals surface area contributed by atoms with Gasteiger partial charge in [0.25, 0.3) is 0 Å². The number of carbonyl (C=O) groups excluding carboxylic acids is 1. The largest absolute Gasteiger partial charge is 0.346 e. The van der Waals surface area contributed by atoms with E-state index in [0.717, 1.165) is 35.6 Å². The molecule has 23 heavy (non-hydrogen) atoms. The lowest BCUT2D eigenvalue weighted by Crippen LogP contribution is -2.27. The number of nitrogens with zero attached hydrogens (tertiary/aromatic N) is 3. The van der Waals surface area contributed by atoms with Crippen molar-refractivity contribution in [1.82, 2.24) is 14.7 Å². The fourth-order valence-electron chi connectivity index (χ4n) is 2.75. The maximum Gasteiger partial charge on any atom is 0.222 e. The van der Waals surface area contributed by atoms with Gasteiger partial charge in [-0.1, -0.05) is 6.92 Å². The highest BCUT2D eigenvalue weighted by Gasteiger charge is 2.15. The molecule has 0 atom stereocenters. The number of hydrogen-bond donors (Lipinski definition) is 0. The van der Waals surface area contributed by atoms with E-state index in [-0.39, 0.29) is 11.7 Å². The van der Waals surface area contributed by atoms with E-state index in [1.54, 1.807) is 17.0 Å². The predicted octanol–water partition coefficient (Wildman–Crippen LogP) is 3.43. The molecule has 0 N–H and O–H groups in total. The fraction of sp³-hybridized carbons (Fsp3) is 0.444. The first-order valence-electron chi connectivity index (χ1n) is 7.99. The summed E-state index contributed by atoms with van der Waals surface area (Å²) >= 11 is 0. The third-order valence-electron chi connectivity index (χ3n) is 4.09. The molecule has 0 bridgehead atoms. The number of aromatic nitrogens is 2. The van der Waals surface area contributed by atoms with Crippen molar-refractivity contribution < 1.29 is 9.18 Å². The first-order chi connectivity index (χ1) is 10.9. The summed E-state index contributed by atoms with van der Waals surface area (Å²) < 4.78 is 14.9. The van der Waals surface area contributed by atoms with Crippen LogP contribution in [0.1, 0.15) is 36.7 Å². The second-order valence-electron chi connectivity index (χ2n) is 5.85. The van der Waals surface area contributed by atoms with Gasteiger partial charge in [-0.3, -0.25) is 4.79 Å². The van der Waals surface area contributed by atoms with Crippen LogP contribution in [0, 0.1) is 19.7 Å². The number of benzene rings is 1. The molecule has 0 radical (unpaired) electrons. The quantitative estimate of drug-likeness (QED) is 0.818. The minimum Gasteiger partial charge on any atom is -0.346 e. The highest BCUT2D eigenvalue weighted by atomic mass is 19.1. The van der Waals surface area contributed by atoms with Crippen LogP contribution in [0.3, 0.4) is 0 Å². The summed E-state index contributed by atoms with van der Waals surface area (Å²) in [5.74, 6) is -0.111. The van der Waals surface area contributed by atoms with Gasteiger partial charge in [-0.25, -0.2) is 9.07 Å². The second-order valence-corrected chi connectivity index (χ2v) is 5.85. The van der Waals surface area contributed by atoms with E-state index in [1.165, 1.54) is 12.1 Å². The molecule has 1 heterocycles. The van der Waals surface area contributed by atoms with Gasteiger partial charge in [0, 0.05) is 25.7 Å². The van der Waals surface area contributed by atoms with E-state index in [0.29, 0.717) is 12.8 Å². The van der Waals surface area contributed by atoms with Gasteiger partial charge in [-0.05, 0) is 56.5 Å². The zero-order chi connectivity index (χ0) is 17.0. The summed E-state index contributed by atoms with van der Waals surface area (Å²) in [4.78, 5) is 13.9. The summed E-state index contributed by atoms with van der Waals surface area (Å²) in [6.07, 6.45) is 2.11. The standard InChI is InChI=1S/C18H24FN3O/c1-5-12-21(4)18(23)11-10-17-13(2)20-22(14(17)3)16-8-6-15(19)7-9-16/h6-9H,5,10-12H2,1-4H3. The molecule has 5 heteroatoms. The first-order valence-corrected chi connectivity index (χ1v) is 7.99. The average Bonchev–Trinajstić information content (AvgIpc) is 2.80. The third kappa shape index (κ3) is 3.97.